The van der Waals surface area contributed by atoms with Gasteiger partial charge in [0.2, 0.25) is 11.8 Å². The number of hydrogen-bond donors (Lipinski definition) is 2. The summed E-state index contributed by atoms with van der Waals surface area (Å²) >= 11 is 0.853. The van der Waals surface area contributed by atoms with Gasteiger partial charge in [0.1, 0.15) is 11.6 Å². The molecular weight excluding hydrogens is 543 g/mol. The molecule has 1 rings (SSSR count). The van der Waals surface area contributed by atoms with Crippen LogP contribution in [0.1, 0.15) is 59.8 Å². The van der Waals surface area contributed by atoms with Crippen molar-refractivity contribution in [2.24, 2.45) is 5.41 Å². The van der Waals surface area contributed by atoms with Crippen molar-refractivity contribution in [1.82, 2.24) is 10.6 Å². The van der Waals surface area contributed by atoms with Crippen LogP contribution in [-0.2, 0) is 51.6 Å². The molecule has 15 heteroatoms. The molecule has 1 heterocycles. The van der Waals surface area contributed by atoms with Gasteiger partial charge in [-0.2, -0.15) is 0 Å². The maximum atomic E-state index is 12.6. The molecule has 0 saturated carbocycles. The standard InChI is InChI=1S/C23H37N2O11PS/c1-5-33-19(29)8-7-16(26)13-17(27)14-20(30)38-12-11-24-18(28)9-10-25-22(31)21-23(3,4)15-35-37(32,36-21)34-6-2/h21H,5-15H2,1-4H3,(H,24,28)(H,25,31)/t21-,37?/m0/s1. The van der Waals surface area contributed by atoms with Gasteiger partial charge in [-0.3, -0.25) is 42.3 Å². The van der Waals surface area contributed by atoms with E-state index in [-0.39, 0.29) is 63.8 Å². The maximum absolute atomic E-state index is 12.6. The highest BCUT2D eigenvalue weighted by molar-refractivity contribution is 8.13. The van der Waals surface area contributed by atoms with Crippen LogP contribution in [0, 0.1) is 5.41 Å². The van der Waals surface area contributed by atoms with Gasteiger partial charge >= 0.3 is 13.8 Å². The number of hydrogen-bond acceptors (Lipinski definition) is 12. The number of ketones is 2. The number of Topliss-reactive ketones (excluding diaryl/α,β-unsaturated/α-hetero) is 2. The molecule has 0 aromatic heterocycles. The third-order valence-corrected chi connectivity index (χ3v) is 7.42. The summed E-state index contributed by atoms with van der Waals surface area (Å²) in [5.41, 5.74) is -0.765. The zero-order chi connectivity index (χ0) is 28.8. The fraction of sp³-hybridized carbons (Fsp3) is 0.739. The molecule has 13 nitrogen and oxygen atoms in total. The Labute approximate surface area is 226 Å². The lowest BCUT2D eigenvalue weighted by molar-refractivity contribution is -0.144. The average Bonchev–Trinajstić information content (AvgIpc) is 2.82. The second kappa shape index (κ2) is 16.8. The minimum atomic E-state index is -3.83. The van der Waals surface area contributed by atoms with Gasteiger partial charge in [0, 0.05) is 37.1 Å². The highest BCUT2D eigenvalue weighted by Gasteiger charge is 2.48. The number of phosphoric acid groups is 1. The van der Waals surface area contributed by atoms with Gasteiger partial charge in [-0.1, -0.05) is 25.6 Å². The summed E-state index contributed by atoms with van der Waals surface area (Å²) < 4.78 is 32.6. The summed E-state index contributed by atoms with van der Waals surface area (Å²) in [4.78, 5) is 71.3. The van der Waals surface area contributed by atoms with Crippen molar-refractivity contribution >= 4 is 54.1 Å². The molecule has 2 amide bonds. The molecule has 2 N–H and O–H groups in total. The van der Waals surface area contributed by atoms with Crippen LogP contribution in [0.3, 0.4) is 0 Å². The third kappa shape index (κ3) is 13.1. The average molecular weight is 581 g/mol. The van der Waals surface area contributed by atoms with Crippen LogP contribution in [0.25, 0.3) is 0 Å². The topological polar surface area (TPSA) is 180 Å². The summed E-state index contributed by atoms with van der Waals surface area (Å²) in [7, 11) is -3.83. The molecule has 1 fully saturated rings. The molecule has 38 heavy (non-hydrogen) atoms. The minimum Gasteiger partial charge on any atom is -0.466 e. The first kappa shape index (κ1) is 33.9. The molecule has 1 unspecified atom stereocenters. The molecule has 2 atom stereocenters. The highest BCUT2D eigenvalue weighted by Crippen LogP contribution is 2.57. The molecule has 0 spiro atoms. The van der Waals surface area contributed by atoms with Crippen molar-refractivity contribution in [2.45, 2.75) is 65.9 Å². The fourth-order valence-corrected chi connectivity index (χ4v) is 5.48. The van der Waals surface area contributed by atoms with Gasteiger partial charge in [0.25, 0.3) is 0 Å². The van der Waals surface area contributed by atoms with Crippen LogP contribution in [0.4, 0.5) is 0 Å². The quantitative estimate of drug-likeness (QED) is 0.110. The molecule has 0 aromatic carbocycles. The Kier molecular flexibility index (Phi) is 15.0. The predicted octanol–water partition coefficient (Wildman–Crippen LogP) is 1.72. The lowest BCUT2D eigenvalue weighted by Crippen LogP contribution is -2.50. The van der Waals surface area contributed by atoms with Crippen molar-refractivity contribution < 1.29 is 51.6 Å². The van der Waals surface area contributed by atoms with Crippen LogP contribution in [0.5, 0.6) is 0 Å². The molecule has 0 aliphatic carbocycles. The molecule has 1 aliphatic rings. The minimum absolute atomic E-state index is 0.00335. The number of phosphoric ester groups is 1. The number of esters is 1. The van der Waals surface area contributed by atoms with Gasteiger partial charge in [-0.15, -0.1) is 0 Å². The Balaban J connectivity index is 2.24. The lowest BCUT2D eigenvalue weighted by Gasteiger charge is -2.39. The normalized spacial score (nSPS) is 20.3. The van der Waals surface area contributed by atoms with Crippen molar-refractivity contribution in [3.05, 3.63) is 0 Å². The van der Waals surface area contributed by atoms with E-state index in [9.17, 15) is 33.3 Å². The van der Waals surface area contributed by atoms with Gasteiger partial charge in [0.05, 0.1) is 39.1 Å². The van der Waals surface area contributed by atoms with E-state index in [0.29, 0.717) is 0 Å². The largest absolute Gasteiger partial charge is 0.475 e. The van der Waals surface area contributed by atoms with E-state index >= 15 is 0 Å². The number of thioether (sulfide) groups is 1. The summed E-state index contributed by atoms with van der Waals surface area (Å²) in [6.07, 6.45) is -2.20. The molecule has 0 aromatic rings. The zero-order valence-electron chi connectivity index (χ0n) is 22.2. The first-order chi connectivity index (χ1) is 17.8. The number of ether oxygens (including phenoxy) is 1. The molecule has 1 aliphatic heterocycles. The molecule has 216 valence electrons. The Morgan fingerprint density at radius 2 is 1.66 bits per heavy atom. The van der Waals surface area contributed by atoms with Crippen molar-refractivity contribution in [2.75, 3.05) is 38.7 Å². The molecule has 1 saturated heterocycles. The van der Waals surface area contributed by atoms with Crippen molar-refractivity contribution in [3.63, 3.8) is 0 Å². The van der Waals surface area contributed by atoms with Crippen LogP contribution >= 0.6 is 19.6 Å². The van der Waals surface area contributed by atoms with Crippen LogP contribution in [0.15, 0.2) is 0 Å². The number of amides is 2. The number of nitrogens with one attached hydrogen (secondary N) is 2. The van der Waals surface area contributed by atoms with Crippen LogP contribution in [-0.4, -0.2) is 79.2 Å². The Bertz CT molecular complexity index is 925. The van der Waals surface area contributed by atoms with Gasteiger partial charge in [0.15, 0.2) is 11.2 Å². The lowest BCUT2D eigenvalue weighted by atomic mass is 9.87. The number of carbonyl (C=O) groups excluding carboxylic acids is 6. The fourth-order valence-electron chi connectivity index (χ4n) is 3.14. The van der Waals surface area contributed by atoms with Gasteiger partial charge in [-0.25, -0.2) is 4.57 Å². The van der Waals surface area contributed by atoms with Crippen molar-refractivity contribution in [1.29, 1.82) is 0 Å². The van der Waals surface area contributed by atoms with Crippen molar-refractivity contribution in [3.8, 4) is 0 Å². The number of carbonyl (C=O) groups is 6. The Morgan fingerprint density at radius 3 is 2.32 bits per heavy atom. The summed E-state index contributed by atoms with van der Waals surface area (Å²) in [6, 6.07) is 0. The van der Waals surface area contributed by atoms with E-state index in [1.54, 1.807) is 27.7 Å². The smallest absolute Gasteiger partial charge is 0.466 e. The first-order valence-corrected chi connectivity index (χ1v) is 14.7. The zero-order valence-corrected chi connectivity index (χ0v) is 23.9. The Hall–Kier alpha value is -2.12. The molecule has 0 bridgehead atoms. The SMILES string of the molecule is CCOC(=O)CCC(=O)CC(=O)CC(=O)SCCNC(=O)CCNC(=O)[C@@H]1OP(=O)(OCC)OCC1(C)C. The molecule has 0 radical (unpaired) electrons. The van der Waals surface area contributed by atoms with E-state index in [1.165, 1.54) is 0 Å². The summed E-state index contributed by atoms with van der Waals surface area (Å²) in [5.74, 6) is -2.18. The summed E-state index contributed by atoms with van der Waals surface area (Å²) in [5, 5.41) is 4.75. The third-order valence-electron chi connectivity index (χ3n) is 5.05. The van der Waals surface area contributed by atoms with E-state index < -0.39 is 60.7 Å². The Morgan fingerprint density at radius 1 is 0.947 bits per heavy atom. The van der Waals surface area contributed by atoms with E-state index in [4.69, 9.17) is 18.3 Å². The predicted molar refractivity (Wildman–Crippen MR) is 137 cm³/mol. The second-order valence-corrected chi connectivity index (χ2v) is 11.7. The van der Waals surface area contributed by atoms with Crippen LogP contribution < -0.4 is 10.6 Å². The molecular formula is C23H37N2O11PS. The van der Waals surface area contributed by atoms with E-state index in [0.717, 1.165) is 11.8 Å². The monoisotopic (exact) mass is 580 g/mol. The second-order valence-electron chi connectivity index (χ2n) is 8.96. The number of rotatable bonds is 17. The van der Waals surface area contributed by atoms with Gasteiger partial charge < -0.3 is 15.4 Å². The van der Waals surface area contributed by atoms with Gasteiger partial charge in [-0.05, 0) is 13.8 Å². The van der Waals surface area contributed by atoms with E-state index in [2.05, 4.69) is 10.6 Å². The summed E-state index contributed by atoms with van der Waals surface area (Å²) in [6.45, 7) is 7.16. The van der Waals surface area contributed by atoms with Crippen LogP contribution in [0.2, 0.25) is 0 Å². The maximum Gasteiger partial charge on any atom is 0.475 e. The van der Waals surface area contributed by atoms with E-state index in [1.807, 2.05) is 0 Å². The highest BCUT2D eigenvalue weighted by atomic mass is 32.2. The first-order valence-electron chi connectivity index (χ1n) is 12.3.